The van der Waals surface area contributed by atoms with Crippen LogP contribution in [0, 0.1) is 17.0 Å². The molecule has 0 amide bonds. The van der Waals surface area contributed by atoms with Crippen LogP contribution in [-0.2, 0) is 7.05 Å². The normalized spacial score (nSPS) is 12.5. The molecule has 0 saturated heterocycles. The van der Waals surface area contributed by atoms with Crippen LogP contribution >= 0.6 is 0 Å². The predicted molar refractivity (Wildman–Crippen MR) is 59.4 cm³/mol. The van der Waals surface area contributed by atoms with E-state index < -0.39 is 4.92 Å². The summed E-state index contributed by atoms with van der Waals surface area (Å²) >= 11 is 0. The number of hydrogen-bond donors (Lipinski definition) is 2. The standard InChI is InChI=1S/C9H16N4O3/c1-6(4-5-14)10-9-8(13(15)16)7(2)11-12(9)3/h6,10,14H,4-5H2,1-3H3. The second-order valence-corrected chi connectivity index (χ2v) is 3.72. The molecule has 0 aliphatic carbocycles. The first-order chi connectivity index (χ1) is 7.47. The van der Waals surface area contributed by atoms with Crippen LogP contribution in [-0.4, -0.2) is 32.5 Å². The number of anilines is 1. The fraction of sp³-hybridized carbons (Fsp3) is 0.667. The summed E-state index contributed by atoms with van der Waals surface area (Å²) in [6.07, 6.45) is 0.529. The van der Waals surface area contributed by atoms with E-state index in [9.17, 15) is 10.1 Å². The van der Waals surface area contributed by atoms with Gasteiger partial charge in [0.05, 0.1) is 4.92 Å². The molecule has 7 heteroatoms. The van der Waals surface area contributed by atoms with Crippen molar-refractivity contribution >= 4 is 11.5 Å². The highest BCUT2D eigenvalue weighted by Gasteiger charge is 2.24. The van der Waals surface area contributed by atoms with Crippen molar-refractivity contribution in [2.45, 2.75) is 26.3 Å². The average molecular weight is 228 g/mol. The minimum atomic E-state index is -0.448. The van der Waals surface area contributed by atoms with E-state index in [-0.39, 0.29) is 18.3 Å². The number of aliphatic hydroxyl groups is 1. The van der Waals surface area contributed by atoms with Crippen LogP contribution in [0.1, 0.15) is 19.0 Å². The third-order valence-electron chi connectivity index (χ3n) is 2.32. The van der Waals surface area contributed by atoms with Gasteiger partial charge in [0.25, 0.3) is 0 Å². The summed E-state index contributed by atoms with van der Waals surface area (Å²) in [7, 11) is 1.65. The van der Waals surface area contributed by atoms with Crippen molar-refractivity contribution in [3.8, 4) is 0 Å². The molecule has 0 bridgehead atoms. The molecule has 2 N–H and O–H groups in total. The van der Waals surface area contributed by atoms with E-state index in [1.165, 1.54) is 4.68 Å². The lowest BCUT2D eigenvalue weighted by Gasteiger charge is -2.12. The van der Waals surface area contributed by atoms with E-state index in [1.807, 2.05) is 6.92 Å². The van der Waals surface area contributed by atoms with E-state index in [2.05, 4.69) is 10.4 Å². The van der Waals surface area contributed by atoms with Crippen LogP contribution in [0.25, 0.3) is 0 Å². The van der Waals surface area contributed by atoms with Gasteiger partial charge in [-0.05, 0) is 20.3 Å². The third kappa shape index (κ3) is 2.48. The van der Waals surface area contributed by atoms with Crippen LogP contribution < -0.4 is 5.32 Å². The summed E-state index contributed by atoms with van der Waals surface area (Å²) in [5.41, 5.74) is 0.374. The van der Waals surface area contributed by atoms with Gasteiger partial charge in [-0.1, -0.05) is 0 Å². The highest BCUT2D eigenvalue weighted by molar-refractivity contribution is 5.59. The first-order valence-corrected chi connectivity index (χ1v) is 5.02. The van der Waals surface area contributed by atoms with Crippen LogP contribution in [0.3, 0.4) is 0 Å². The maximum atomic E-state index is 10.9. The smallest absolute Gasteiger partial charge is 0.333 e. The lowest BCUT2D eigenvalue weighted by Crippen LogP contribution is -2.19. The van der Waals surface area contributed by atoms with E-state index in [0.29, 0.717) is 17.9 Å². The van der Waals surface area contributed by atoms with Crippen molar-refractivity contribution in [2.75, 3.05) is 11.9 Å². The van der Waals surface area contributed by atoms with Crippen molar-refractivity contribution in [1.29, 1.82) is 0 Å². The van der Waals surface area contributed by atoms with Crippen molar-refractivity contribution in [1.82, 2.24) is 9.78 Å². The molecular formula is C9H16N4O3. The van der Waals surface area contributed by atoms with E-state index in [1.54, 1.807) is 14.0 Å². The number of aromatic nitrogens is 2. The van der Waals surface area contributed by atoms with Crippen LogP contribution in [0.5, 0.6) is 0 Å². The molecule has 1 rings (SSSR count). The van der Waals surface area contributed by atoms with Gasteiger partial charge in [0.2, 0.25) is 5.82 Å². The van der Waals surface area contributed by atoms with Gasteiger partial charge in [0, 0.05) is 19.7 Å². The van der Waals surface area contributed by atoms with Crippen molar-refractivity contribution in [3.63, 3.8) is 0 Å². The van der Waals surface area contributed by atoms with Gasteiger partial charge in [-0.15, -0.1) is 0 Å². The highest BCUT2D eigenvalue weighted by atomic mass is 16.6. The Hall–Kier alpha value is -1.63. The molecule has 0 saturated carbocycles. The fourth-order valence-corrected chi connectivity index (χ4v) is 1.53. The number of nitrogens with one attached hydrogen (secondary N) is 1. The second kappa shape index (κ2) is 4.93. The predicted octanol–water partition coefficient (Wildman–Crippen LogP) is 0.820. The van der Waals surface area contributed by atoms with Crippen molar-refractivity contribution < 1.29 is 10.0 Å². The molecule has 0 spiro atoms. The molecule has 1 aromatic rings. The van der Waals surface area contributed by atoms with Crippen LogP contribution in [0.4, 0.5) is 11.5 Å². The quantitative estimate of drug-likeness (QED) is 0.574. The molecule has 16 heavy (non-hydrogen) atoms. The second-order valence-electron chi connectivity index (χ2n) is 3.72. The molecule has 90 valence electrons. The molecule has 0 aromatic carbocycles. The fourth-order valence-electron chi connectivity index (χ4n) is 1.53. The minimum Gasteiger partial charge on any atom is -0.396 e. The summed E-state index contributed by atoms with van der Waals surface area (Å²) in [6, 6.07) is -0.0431. The number of nitro groups is 1. The van der Waals surface area contributed by atoms with Crippen molar-refractivity contribution in [3.05, 3.63) is 15.8 Å². The summed E-state index contributed by atoms with van der Waals surface area (Å²) in [6.45, 7) is 3.49. The van der Waals surface area contributed by atoms with Gasteiger partial charge >= 0.3 is 5.69 Å². The molecule has 1 heterocycles. The summed E-state index contributed by atoms with van der Waals surface area (Å²) < 4.78 is 1.45. The Morgan fingerprint density at radius 3 is 2.81 bits per heavy atom. The zero-order valence-electron chi connectivity index (χ0n) is 9.60. The summed E-state index contributed by atoms with van der Waals surface area (Å²) in [5.74, 6) is 0.378. The number of hydrogen-bond acceptors (Lipinski definition) is 5. The minimum absolute atomic E-state index is 0.00714. The maximum absolute atomic E-state index is 10.9. The van der Waals surface area contributed by atoms with Crippen LogP contribution in [0.2, 0.25) is 0 Å². The number of nitrogens with zero attached hydrogens (tertiary/aromatic N) is 3. The first-order valence-electron chi connectivity index (χ1n) is 5.02. The Balaban J connectivity index is 2.98. The Morgan fingerprint density at radius 1 is 1.69 bits per heavy atom. The molecule has 7 nitrogen and oxygen atoms in total. The Bertz CT molecular complexity index is 388. The zero-order chi connectivity index (χ0) is 12.3. The van der Waals surface area contributed by atoms with Gasteiger partial charge in [-0.3, -0.25) is 10.1 Å². The molecular weight excluding hydrogens is 212 g/mol. The third-order valence-corrected chi connectivity index (χ3v) is 2.32. The van der Waals surface area contributed by atoms with E-state index in [4.69, 9.17) is 5.11 Å². The van der Waals surface area contributed by atoms with Gasteiger partial charge in [0.1, 0.15) is 5.69 Å². The largest absolute Gasteiger partial charge is 0.396 e. The molecule has 0 radical (unpaired) electrons. The highest BCUT2D eigenvalue weighted by Crippen LogP contribution is 2.27. The molecule has 0 fully saturated rings. The van der Waals surface area contributed by atoms with Crippen molar-refractivity contribution in [2.24, 2.45) is 7.05 Å². The number of aliphatic hydroxyl groups excluding tert-OH is 1. The first kappa shape index (κ1) is 12.4. The lowest BCUT2D eigenvalue weighted by molar-refractivity contribution is -0.384. The topological polar surface area (TPSA) is 93.2 Å². The van der Waals surface area contributed by atoms with Gasteiger partial charge in [-0.25, -0.2) is 4.68 Å². The van der Waals surface area contributed by atoms with E-state index >= 15 is 0 Å². The molecule has 0 aliphatic heterocycles. The number of rotatable bonds is 5. The SMILES string of the molecule is Cc1nn(C)c(NC(C)CCO)c1[N+](=O)[O-]. The van der Waals surface area contributed by atoms with Gasteiger partial charge in [-0.2, -0.15) is 5.10 Å². The molecule has 1 atom stereocenters. The lowest BCUT2D eigenvalue weighted by atomic mass is 10.2. The Morgan fingerprint density at radius 2 is 2.31 bits per heavy atom. The Kier molecular flexibility index (Phi) is 3.83. The summed E-state index contributed by atoms with van der Waals surface area (Å²) in [4.78, 5) is 10.4. The van der Waals surface area contributed by atoms with Crippen LogP contribution in [0.15, 0.2) is 0 Å². The molecule has 0 aliphatic rings. The maximum Gasteiger partial charge on any atom is 0.333 e. The average Bonchev–Trinajstić information content (AvgIpc) is 2.41. The molecule has 1 aromatic heterocycles. The zero-order valence-corrected chi connectivity index (χ0v) is 9.60. The number of aryl methyl sites for hydroxylation is 2. The summed E-state index contributed by atoms with van der Waals surface area (Å²) in [5, 5.41) is 26.6. The monoisotopic (exact) mass is 228 g/mol. The van der Waals surface area contributed by atoms with E-state index in [0.717, 1.165) is 0 Å². The Labute approximate surface area is 93.2 Å². The molecule has 1 unspecified atom stereocenters. The van der Waals surface area contributed by atoms with Gasteiger partial charge < -0.3 is 10.4 Å². The van der Waals surface area contributed by atoms with Gasteiger partial charge in [0.15, 0.2) is 0 Å².